The molecule has 0 heterocycles. The molecule has 3 amide bonds. The van der Waals surface area contributed by atoms with E-state index >= 15 is 0 Å². The summed E-state index contributed by atoms with van der Waals surface area (Å²) in [4.78, 5) is 36.9. The van der Waals surface area contributed by atoms with Crippen molar-refractivity contribution < 1.29 is 31.8 Å². The number of carboxylic acids is 1. The van der Waals surface area contributed by atoms with Gasteiger partial charge in [-0.1, -0.05) is 31.5 Å². The molecule has 1 saturated carbocycles. The Bertz CT molecular complexity index is 962. The molecule has 0 radical (unpaired) electrons. The van der Waals surface area contributed by atoms with Crippen LogP contribution >= 0.6 is 0 Å². The molecule has 1 aliphatic carbocycles. The molecule has 1 unspecified atom stereocenters. The molecule has 1 aromatic rings. The predicted octanol–water partition coefficient (Wildman–Crippen LogP) is 4.61. The summed E-state index contributed by atoms with van der Waals surface area (Å²) in [5, 5.41) is 17.3. The molecule has 0 saturated heterocycles. The molecule has 0 aromatic heterocycles. The summed E-state index contributed by atoms with van der Waals surface area (Å²) in [5.74, 6) is -1.16. The number of urea groups is 1. The van der Waals surface area contributed by atoms with E-state index in [9.17, 15) is 19.5 Å². The molecular formula is C26H49N3O7Si4. The number of carbonyl (C=O) groups excluding carboxylic acids is 2. The average Bonchev–Trinajstić information content (AvgIpc) is 3.34. The molecule has 0 aliphatic heterocycles. The summed E-state index contributed by atoms with van der Waals surface area (Å²) < 4.78 is 19.4. The Morgan fingerprint density at radius 2 is 1.57 bits per heavy atom. The van der Waals surface area contributed by atoms with Gasteiger partial charge >= 0.3 is 20.8 Å². The number of amides is 3. The number of nitrogens with one attached hydrogen (secondary N) is 3. The summed E-state index contributed by atoms with van der Waals surface area (Å²) in [6.07, 6.45) is 4.89. The maximum Gasteiger partial charge on any atom is 0.469 e. The lowest BCUT2D eigenvalue weighted by atomic mass is 9.98. The second-order valence-electron chi connectivity index (χ2n) is 12.3. The summed E-state index contributed by atoms with van der Waals surface area (Å²) in [5.41, 5.74) is 1.84. The van der Waals surface area contributed by atoms with Crippen molar-refractivity contribution >= 4 is 58.8 Å². The minimum atomic E-state index is -2.91. The number of carboxylic acid groups (broad SMARTS) is 1. The van der Waals surface area contributed by atoms with Gasteiger partial charge in [-0.3, -0.25) is 9.59 Å². The van der Waals surface area contributed by atoms with Gasteiger partial charge in [0.2, 0.25) is 5.91 Å². The molecular weight excluding hydrogens is 579 g/mol. The smallest absolute Gasteiger partial charge is 0.469 e. The molecule has 14 heteroatoms. The fourth-order valence-electron chi connectivity index (χ4n) is 4.85. The van der Waals surface area contributed by atoms with Crippen LogP contribution in [0.15, 0.2) is 24.3 Å². The molecule has 0 bridgehead atoms. The Morgan fingerprint density at radius 1 is 1.00 bits per heavy atom. The van der Waals surface area contributed by atoms with Gasteiger partial charge in [-0.05, 0) is 82.2 Å². The van der Waals surface area contributed by atoms with Crippen molar-refractivity contribution in [2.75, 3.05) is 11.9 Å². The van der Waals surface area contributed by atoms with Crippen LogP contribution in [-0.2, 0) is 21.9 Å². The van der Waals surface area contributed by atoms with Crippen molar-refractivity contribution in [1.29, 1.82) is 0 Å². The zero-order valence-corrected chi connectivity index (χ0v) is 29.6. The normalized spacial score (nSPS) is 15.8. The molecule has 4 N–H and O–H groups in total. The lowest BCUT2D eigenvalue weighted by Crippen LogP contribution is -2.57. The van der Waals surface area contributed by atoms with Gasteiger partial charge < -0.3 is 33.4 Å². The van der Waals surface area contributed by atoms with E-state index in [1.54, 1.807) is 0 Å². The maximum absolute atomic E-state index is 12.9. The van der Waals surface area contributed by atoms with Crippen LogP contribution in [-0.4, -0.2) is 70.8 Å². The molecule has 2 rings (SSSR count). The Balaban J connectivity index is 1.95. The predicted molar refractivity (Wildman–Crippen MR) is 168 cm³/mol. The lowest BCUT2D eigenvalue weighted by Gasteiger charge is -2.39. The Hall–Kier alpha value is -1.82. The summed E-state index contributed by atoms with van der Waals surface area (Å²) in [7, 11) is -7.63. The van der Waals surface area contributed by atoms with Gasteiger partial charge in [-0.25, -0.2) is 4.79 Å². The fraction of sp³-hybridized carbons (Fsp3) is 0.654. The van der Waals surface area contributed by atoms with E-state index < -0.39 is 65.6 Å². The molecule has 1 aliphatic rings. The third-order valence-corrected chi connectivity index (χ3v) is 17.5. The van der Waals surface area contributed by atoms with E-state index in [1.165, 1.54) is 31.2 Å². The van der Waals surface area contributed by atoms with Crippen LogP contribution in [0.1, 0.15) is 50.0 Å². The first-order chi connectivity index (χ1) is 18.6. The topological polar surface area (TPSA) is 135 Å². The first-order valence-corrected chi connectivity index (χ1v) is 25.1. The largest absolute Gasteiger partial charge is 0.481 e. The van der Waals surface area contributed by atoms with Crippen molar-refractivity contribution in [3.8, 4) is 0 Å². The van der Waals surface area contributed by atoms with Crippen LogP contribution in [0.4, 0.5) is 10.5 Å². The summed E-state index contributed by atoms with van der Waals surface area (Å²) >= 11 is 0. The molecule has 40 heavy (non-hydrogen) atoms. The van der Waals surface area contributed by atoms with Crippen LogP contribution < -0.4 is 16.0 Å². The fourth-order valence-corrected chi connectivity index (χ4v) is 18.2. The van der Waals surface area contributed by atoms with Gasteiger partial charge in [0.1, 0.15) is 15.8 Å². The van der Waals surface area contributed by atoms with Gasteiger partial charge in [0.25, 0.3) is 0 Å². The highest BCUT2D eigenvalue weighted by atomic mass is 28.5. The molecule has 1 fully saturated rings. The van der Waals surface area contributed by atoms with E-state index in [2.05, 4.69) is 61.8 Å². The summed E-state index contributed by atoms with van der Waals surface area (Å²) in [6, 6.07) is 6.42. The minimum absolute atomic E-state index is 0.286. The highest BCUT2D eigenvalue weighted by Crippen LogP contribution is 2.34. The Morgan fingerprint density at radius 3 is 2.08 bits per heavy atom. The average molecular weight is 628 g/mol. The number of anilines is 1. The number of carbonyl (C=O) groups is 3. The van der Waals surface area contributed by atoms with E-state index in [4.69, 9.17) is 12.3 Å². The van der Waals surface area contributed by atoms with Gasteiger partial charge in [0.05, 0.1) is 6.42 Å². The van der Waals surface area contributed by atoms with Gasteiger partial charge in [-0.15, -0.1) is 0 Å². The van der Waals surface area contributed by atoms with Gasteiger partial charge in [0.15, 0.2) is 16.6 Å². The van der Waals surface area contributed by atoms with Crippen LogP contribution in [0.25, 0.3) is 0 Å². The quantitative estimate of drug-likeness (QED) is 0.155. The van der Waals surface area contributed by atoms with Gasteiger partial charge in [-0.2, -0.15) is 0 Å². The molecule has 1 aromatic carbocycles. The Kier molecular flexibility index (Phi) is 13.3. The lowest BCUT2D eigenvalue weighted by molar-refractivity contribution is -0.139. The van der Waals surface area contributed by atoms with Crippen molar-refractivity contribution in [3.63, 3.8) is 0 Å². The number of rotatable bonds is 16. The zero-order valence-electron chi connectivity index (χ0n) is 25.2. The Labute approximate surface area is 244 Å². The third-order valence-electron chi connectivity index (χ3n) is 6.24. The number of hydrogen-bond donors (Lipinski definition) is 4. The highest BCUT2D eigenvalue weighted by Gasteiger charge is 2.46. The first kappa shape index (κ1) is 34.4. The standard InChI is InChI=1S/C26H49N3O7Si4/c1-37-34-40(35-38(2,3)4,36-39(5,6)7)18-10-17-27-25(32)23(19-24(30)31)29-26(33)28-22-15-13-21(14-16-22)20-11-8-9-12-20/h13-16,20,23H,8-12,17-19,37H2,1-7H3,(H,27,32)(H,30,31)(H2,28,29,33). The van der Waals surface area contributed by atoms with Gasteiger partial charge in [0, 0.05) is 18.3 Å². The second kappa shape index (κ2) is 15.4. The van der Waals surface area contributed by atoms with Crippen molar-refractivity contribution in [2.24, 2.45) is 0 Å². The molecule has 1 atom stereocenters. The minimum Gasteiger partial charge on any atom is -0.481 e. The monoisotopic (exact) mass is 627 g/mol. The first-order valence-electron chi connectivity index (χ1n) is 14.3. The molecule has 226 valence electrons. The SMILES string of the molecule is C[SiH2]O[Si](CCCNC(=O)C(CC(=O)O)NC(=O)Nc1ccc(C2CCCC2)cc1)(O[Si](C)(C)C)O[Si](C)(C)C. The van der Waals surface area contributed by atoms with Crippen LogP contribution in [0.3, 0.4) is 0 Å². The molecule has 10 nitrogen and oxygen atoms in total. The number of benzene rings is 1. The van der Waals surface area contributed by atoms with E-state index in [0.717, 1.165) is 0 Å². The van der Waals surface area contributed by atoms with Crippen molar-refractivity contribution in [1.82, 2.24) is 10.6 Å². The maximum atomic E-state index is 12.9. The van der Waals surface area contributed by atoms with Crippen LogP contribution in [0, 0.1) is 0 Å². The van der Waals surface area contributed by atoms with Crippen molar-refractivity contribution in [2.45, 2.75) is 102 Å². The summed E-state index contributed by atoms with van der Waals surface area (Å²) in [6.45, 7) is 15.0. The van der Waals surface area contributed by atoms with Crippen LogP contribution in [0.2, 0.25) is 51.9 Å². The van der Waals surface area contributed by atoms with E-state index in [-0.39, 0.29) is 6.54 Å². The number of hydrogen-bond acceptors (Lipinski definition) is 6. The van der Waals surface area contributed by atoms with E-state index in [0.29, 0.717) is 24.1 Å². The third kappa shape index (κ3) is 12.8. The van der Waals surface area contributed by atoms with Crippen LogP contribution in [0.5, 0.6) is 0 Å². The zero-order chi connectivity index (χ0) is 30.0. The molecule has 0 spiro atoms. The highest BCUT2D eigenvalue weighted by molar-refractivity contribution is 6.86. The van der Waals surface area contributed by atoms with E-state index in [1.807, 2.05) is 24.3 Å². The van der Waals surface area contributed by atoms with Crippen molar-refractivity contribution in [3.05, 3.63) is 29.8 Å². The number of aliphatic carboxylic acids is 1. The second-order valence-corrected chi connectivity index (χ2v) is 26.0.